The summed E-state index contributed by atoms with van der Waals surface area (Å²) < 4.78 is 4.85. The Kier molecular flexibility index (Phi) is 1.14. The molecule has 0 aliphatic rings. The van der Waals surface area contributed by atoms with Crippen molar-refractivity contribution in [1.82, 2.24) is 5.16 Å². The third-order valence-corrected chi connectivity index (χ3v) is 1.54. The second kappa shape index (κ2) is 1.99. The lowest BCUT2D eigenvalue weighted by molar-refractivity contribution is 0.456. The molecule has 0 saturated carbocycles. The van der Waals surface area contributed by atoms with E-state index in [0.29, 0.717) is 10.6 Å². The molecule has 2 rings (SSSR count). The zero-order valence-corrected chi connectivity index (χ0v) is 5.72. The van der Waals surface area contributed by atoms with Gasteiger partial charge in [0.25, 0.3) is 0 Å². The second-order valence-electron chi connectivity index (χ2n) is 1.91. The molecule has 0 unspecified atom stereocenters. The summed E-state index contributed by atoms with van der Waals surface area (Å²) in [5.41, 5.74) is 0.625. The molecule has 1 heterocycles. The number of hydrogen-bond acceptors (Lipinski definition) is 2. The molecule has 0 atom stereocenters. The van der Waals surface area contributed by atoms with Crippen LogP contribution in [0.5, 0.6) is 0 Å². The van der Waals surface area contributed by atoms with Crippen LogP contribution in [0.25, 0.3) is 11.0 Å². The second-order valence-corrected chi connectivity index (χ2v) is 2.32. The standard InChI is InChI=1S/C7H3ClNO/c8-6-3-1-2-5-4-9-10-7(5)6/h2-4H. The lowest BCUT2D eigenvalue weighted by Crippen LogP contribution is -1.64. The molecule has 0 aliphatic heterocycles. The van der Waals surface area contributed by atoms with Gasteiger partial charge in [-0.3, -0.25) is 0 Å². The van der Waals surface area contributed by atoms with Crippen LogP contribution in [0.15, 0.2) is 22.9 Å². The molecule has 3 heteroatoms. The molecule has 49 valence electrons. The van der Waals surface area contributed by atoms with Crippen LogP contribution in [0, 0.1) is 6.07 Å². The summed E-state index contributed by atoms with van der Waals surface area (Å²) >= 11 is 5.73. The SMILES string of the molecule is Clc1c[c]cc2cnoc12. The van der Waals surface area contributed by atoms with E-state index in [4.69, 9.17) is 16.1 Å². The number of halogens is 1. The molecule has 0 N–H and O–H groups in total. The summed E-state index contributed by atoms with van der Waals surface area (Å²) in [5.74, 6) is 0. The Balaban J connectivity index is 2.95. The molecule has 2 aromatic rings. The third-order valence-electron chi connectivity index (χ3n) is 1.26. The minimum absolute atomic E-state index is 0.551. The van der Waals surface area contributed by atoms with Crippen molar-refractivity contribution in [3.8, 4) is 0 Å². The summed E-state index contributed by atoms with van der Waals surface area (Å²) in [6.07, 6.45) is 1.61. The first-order chi connectivity index (χ1) is 4.88. The Bertz CT molecular complexity index is 355. The van der Waals surface area contributed by atoms with Gasteiger partial charge in [0, 0.05) is 5.39 Å². The predicted molar refractivity (Wildman–Crippen MR) is 37.9 cm³/mol. The topological polar surface area (TPSA) is 26.0 Å². The molecule has 0 fully saturated rings. The molecule has 2 nitrogen and oxygen atoms in total. The van der Waals surface area contributed by atoms with Gasteiger partial charge < -0.3 is 4.52 Å². The van der Waals surface area contributed by atoms with Crippen molar-refractivity contribution >= 4 is 22.6 Å². The van der Waals surface area contributed by atoms with Gasteiger partial charge in [-0.1, -0.05) is 16.8 Å². The maximum absolute atomic E-state index is 5.73. The van der Waals surface area contributed by atoms with Crippen molar-refractivity contribution in [2.24, 2.45) is 0 Å². The van der Waals surface area contributed by atoms with Crippen LogP contribution < -0.4 is 0 Å². The molecule has 0 bridgehead atoms. The molecule has 1 radical (unpaired) electrons. The summed E-state index contributed by atoms with van der Waals surface area (Å²) in [6, 6.07) is 6.28. The van der Waals surface area contributed by atoms with Gasteiger partial charge in [0.05, 0.1) is 11.2 Å². The quantitative estimate of drug-likeness (QED) is 0.579. The molecule has 0 spiro atoms. The van der Waals surface area contributed by atoms with Crippen LogP contribution in [-0.4, -0.2) is 5.16 Å². The predicted octanol–water partition coefficient (Wildman–Crippen LogP) is 2.28. The highest BCUT2D eigenvalue weighted by atomic mass is 35.5. The van der Waals surface area contributed by atoms with E-state index in [-0.39, 0.29) is 0 Å². The molecule has 0 aliphatic carbocycles. The summed E-state index contributed by atoms with van der Waals surface area (Å²) in [7, 11) is 0. The van der Waals surface area contributed by atoms with Crippen LogP contribution >= 0.6 is 11.6 Å². The van der Waals surface area contributed by atoms with Crippen molar-refractivity contribution in [3.05, 3.63) is 29.4 Å². The van der Waals surface area contributed by atoms with Crippen LogP contribution in [-0.2, 0) is 0 Å². The average Bonchev–Trinajstić information content (AvgIpc) is 2.36. The van der Waals surface area contributed by atoms with Gasteiger partial charge in [-0.05, 0) is 18.2 Å². The van der Waals surface area contributed by atoms with E-state index in [1.165, 1.54) is 0 Å². The van der Waals surface area contributed by atoms with Gasteiger partial charge in [0.15, 0.2) is 5.58 Å². The van der Waals surface area contributed by atoms with Crippen molar-refractivity contribution in [1.29, 1.82) is 0 Å². The molecule has 0 amide bonds. The average molecular weight is 153 g/mol. The smallest absolute Gasteiger partial charge is 0.185 e. The maximum atomic E-state index is 5.73. The van der Waals surface area contributed by atoms with E-state index in [1.807, 2.05) is 0 Å². The first-order valence-electron chi connectivity index (χ1n) is 2.78. The highest BCUT2D eigenvalue weighted by Gasteiger charge is 2.00. The first-order valence-corrected chi connectivity index (χ1v) is 3.16. The van der Waals surface area contributed by atoms with E-state index in [9.17, 15) is 0 Å². The third kappa shape index (κ3) is 0.693. The minimum atomic E-state index is 0.551. The maximum Gasteiger partial charge on any atom is 0.185 e. The Labute approximate surface area is 62.4 Å². The monoisotopic (exact) mass is 152 g/mol. The summed E-state index contributed by atoms with van der Waals surface area (Å²) in [4.78, 5) is 0. The van der Waals surface area contributed by atoms with Gasteiger partial charge in [0.2, 0.25) is 0 Å². The molecule has 0 saturated heterocycles. The Morgan fingerprint density at radius 1 is 1.50 bits per heavy atom. The van der Waals surface area contributed by atoms with Gasteiger partial charge in [-0.2, -0.15) is 0 Å². The Morgan fingerprint density at radius 3 is 3.20 bits per heavy atom. The van der Waals surface area contributed by atoms with Gasteiger partial charge in [0.1, 0.15) is 0 Å². The fourth-order valence-electron chi connectivity index (χ4n) is 0.802. The first kappa shape index (κ1) is 5.74. The van der Waals surface area contributed by atoms with E-state index < -0.39 is 0 Å². The normalized spacial score (nSPS) is 10.5. The van der Waals surface area contributed by atoms with Crippen molar-refractivity contribution in [3.63, 3.8) is 0 Å². The van der Waals surface area contributed by atoms with Crippen LogP contribution in [0.2, 0.25) is 5.02 Å². The van der Waals surface area contributed by atoms with Gasteiger partial charge in [-0.25, -0.2) is 0 Å². The zero-order valence-electron chi connectivity index (χ0n) is 4.97. The van der Waals surface area contributed by atoms with Crippen molar-refractivity contribution in [2.75, 3.05) is 0 Å². The van der Waals surface area contributed by atoms with Crippen LogP contribution in [0.1, 0.15) is 0 Å². The summed E-state index contributed by atoms with van der Waals surface area (Å²) in [6.45, 7) is 0. The Morgan fingerprint density at radius 2 is 2.40 bits per heavy atom. The van der Waals surface area contributed by atoms with Crippen molar-refractivity contribution in [2.45, 2.75) is 0 Å². The Hall–Kier alpha value is -1.02. The zero-order chi connectivity index (χ0) is 6.97. The number of hydrogen-bond donors (Lipinski definition) is 0. The van der Waals surface area contributed by atoms with Crippen LogP contribution in [0.3, 0.4) is 0 Å². The molecular formula is C7H3ClNO. The highest BCUT2D eigenvalue weighted by molar-refractivity contribution is 6.34. The fraction of sp³-hybridized carbons (Fsp3) is 0. The minimum Gasteiger partial charge on any atom is -0.355 e. The largest absolute Gasteiger partial charge is 0.355 e. The summed E-state index contributed by atoms with van der Waals surface area (Å²) in [5, 5.41) is 5.02. The van der Waals surface area contributed by atoms with Gasteiger partial charge in [-0.15, -0.1) is 0 Å². The lowest BCUT2D eigenvalue weighted by Gasteiger charge is -1.85. The van der Waals surface area contributed by atoms with E-state index in [0.717, 1.165) is 5.39 Å². The number of nitrogens with zero attached hydrogens (tertiary/aromatic N) is 1. The fourth-order valence-corrected chi connectivity index (χ4v) is 1.01. The van der Waals surface area contributed by atoms with Gasteiger partial charge >= 0.3 is 0 Å². The van der Waals surface area contributed by atoms with E-state index in [2.05, 4.69) is 11.2 Å². The molecular weight excluding hydrogens is 150 g/mol. The van der Waals surface area contributed by atoms with E-state index in [1.54, 1.807) is 18.3 Å². The number of benzene rings is 1. The number of aromatic nitrogens is 1. The lowest BCUT2D eigenvalue weighted by atomic mass is 10.3. The van der Waals surface area contributed by atoms with Crippen molar-refractivity contribution < 1.29 is 4.52 Å². The molecule has 1 aromatic carbocycles. The highest BCUT2D eigenvalue weighted by Crippen LogP contribution is 2.21. The molecule has 1 aromatic heterocycles. The van der Waals surface area contributed by atoms with Crippen LogP contribution in [0.4, 0.5) is 0 Å². The number of rotatable bonds is 0. The molecule has 10 heavy (non-hydrogen) atoms. The van der Waals surface area contributed by atoms with E-state index >= 15 is 0 Å². The number of fused-ring (bicyclic) bond motifs is 1.